The first-order valence-electron chi connectivity index (χ1n) is 5.08. The van der Waals surface area contributed by atoms with Crippen LogP contribution in [0.25, 0.3) is 0 Å². The van der Waals surface area contributed by atoms with Gasteiger partial charge >= 0.3 is 0 Å². The van der Waals surface area contributed by atoms with Gasteiger partial charge in [-0.05, 0) is 40.5 Å². The van der Waals surface area contributed by atoms with Crippen molar-refractivity contribution >= 4 is 34.2 Å². The van der Waals surface area contributed by atoms with E-state index in [1.54, 1.807) is 4.90 Å². The number of carbonyl (C=O) groups excluding carboxylic acids is 1. The largest absolute Gasteiger partial charge is 0.337 e. The van der Waals surface area contributed by atoms with Crippen molar-refractivity contribution in [2.45, 2.75) is 12.5 Å². The molecule has 6 heteroatoms. The Morgan fingerprint density at radius 3 is 2.76 bits per heavy atom. The maximum atomic E-state index is 12.9. The molecule has 1 fully saturated rings. The Morgan fingerprint density at radius 1 is 1.53 bits per heavy atom. The summed E-state index contributed by atoms with van der Waals surface area (Å²) in [5.41, 5.74) is 6.22. The van der Waals surface area contributed by atoms with E-state index in [2.05, 4.69) is 15.9 Å². The lowest BCUT2D eigenvalue weighted by Crippen LogP contribution is -2.32. The Morgan fingerprint density at radius 2 is 2.24 bits per heavy atom. The summed E-state index contributed by atoms with van der Waals surface area (Å²) in [6.45, 7) is 1.24. The number of benzene rings is 1. The molecule has 1 saturated heterocycles. The van der Waals surface area contributed by atoms with Crippen molar-refractivity contribution in [1.82, 2.24) is 4.90 Å². The molecule has 2 N–H and O–H groups in total. The number of hydrogen-bond donors (Lipinski definition) is 1. The van der Waals surface area contributed by atoms with Crippen LogP contribution >= 0.6 is 28.3 Å². The fraction of sp³-hybridized carbons (Fsp3) is 0.364. The zero-order valence-electron chi connectivity index (χ0n) is 9.03. The van der Waals surface area contributed by atoms with E-state index in [9.17, 15) is 9.18 Å². The van der Waals surface area contributed by atoms with Crippen LogP contribution in [0.3, 0.4) is 0 Å². The zero-order chi connectivity index (χ0) is 11.7. The molecule has 0 spiro atoms. The maximum absolute atomic E-state index is 12.9. The van der Waals surface area contributed by atoms with Gasteiger partial charge in [0.05, 0.1) is 5.56 Å². The lowest BCUT2D eigenvalue weighted by Gasteiger charge is -2.16. The molecule has 3 nitrogen and oxygen atoms in total. The fourth-order valence-electron chi connectivity index (χ4n) is 1.81. The van der Waals surface area contributed by atoms with Crippen LogP contribution in [0, 0.1) is 5.82 Å². The molecule has 1 atom stereocenters. The van der Waals surface area contributed by atoms with E-state index < -0.39 is 0 Å². The molecule has 1 aliphatic rings. The first-order chi connectivity index (χ1) is 7.58. The number of nitrogens with two attached hydrogens (primary N) is 1. The summed E-state index contributed by atoms with van der Waals surface area (Å²) in [6, 6.07) is 4.13. The van der Waals surface area contributed by atoms with Crippen molar-refractivity contribution in [3.8, 4) is 0 Å². The summed E-state index contributed by atoms with van der Waals surface area (Å²) in [6.07, 6.45) is 0.824. The number of likely N-dealkylation sites (tertiary alicyclic amines) is 1. The highest BCUT2D eigenvalue weighted by Gasteiger charge is 2.25. The standard InChI is InChI=1S/C11H12BrFN2O.ClH/c12-10-5-7(13)1-2-9(10)11(16)15-4-3-8(14)6-15;/h1-2,5,8H,3-4,6,14H2;1H. The van der Waals surface area contributed by atoms with Crippen LogP contribution in [-0.4, -0.2) is 29.9 Å². The zero-order valence-corrected chi connectivity index (χ0v) is 11.4. The molecule has 1 aliphatic heterocycles. The minimum absolute atomic E-state index is 0. The van der Waals surface area contributed by atoms with Crippen LogP contribution in [0.5, 0.6) is 0 Å². The van der Waals surface area contributed by atoms with E-state index in [-0.39, 0.29) is 30.2 Å². The summed E-state index contributed by atoms with van der Waals surface area (Å²) in [4.78, 5) is 13.7. The van der Waals surface area contributed by atoms with Gasteiger partial charge in [-0.3, -0.25) is 4.79 Å². The van der Waals surface area contributed by atoms with Gasteiger partial charge in [0.2, 0.25) is 0 Å². The normalized spacial score (nSPS) is 19.0. The first-order valence-corrected chi connectivity index (χ1v) is 5.87. The van der Waals surface area contributed by atoms with Crippen LogP contribution in [0.15, 0.2) is 22.7 Å². The summed E-state index contributed by atoms with van der Waals surface area (Å²) in [5, 5.41) is 0. The molecule has 2 rings (SSSR count). The van der Waals surface area contributed by atoms with E-state index in [0.717, 1.165) is 6.42 Å². The van der Waals surface area contributed by atoms with Crippen LogP contribution in [-0.2, 0) is 0 Å². The highest BCUT2D eigenvalue weighted by Crippen LogP contribution is 2.21. The molecule has 0 bridgehead atoms. The third kappa shape index (κ3) is 3.18. The van der Waals surface area contributed by atoms with Crippen LogP contribution in [0.4, 0.5) is 4.39 Å². The summed E-state index contributed by atoms with van der Waals surface area (Å²) in [7, 11) is 0. The molecule has 1 amide bonds. The van der Waals surface area contributed by atoms with E-state index in [0.29, 0.717) is 23.1 Å². The maximum Gasteiger partial charge on any atom is 0.255 e. The number of nitrogens with zero attached hydrogens (tertiary/aromatic N) is 1. The number of amides is 1. The molecular formula is C11H13BrClFN2O. The first kappa shape index (κ1) is 14.4. The summed E-state index contributed by atoms with van der Waals surface area (Å²) in [5.74, 6) is -0.457. The number of hydrogen-bond acceptors (Lipinski definition) is 2. The Bertz CT molecular complexity index is 430. The van der Waals surface area contributed by atoms with Crippen molar-refractivity contribution < 1.29 is 9.18 Å². The molecule has 94 valence electrons. The van der Waals surface area contributed by atoms with Gasteiger partial charge in [-0.25, -0.2) is 4.39 Å². The SMILES string of the molecule is Cl.NC1CCN(C(=O)c2ccc(F)cc2Br)C1. The van der Waals surface area contributed by atoms with E-state index in [1.807, 2.05) is 0 Å². The summed E-state index contributed by atoms with van der Waals surface area (Å²) < 4.78 is 13.4. The third-order valence-corrected chi connectivity index (χ3v) is 3.33. The Balaban J connectivity index is 0.00000144. The minimum Gasteiger partial charge on any atom is -0.337 e. The second-order valence-corrected chi connectivity index (χ2v) is 4.78. The van der Waals surface area contributed by atoms with Crippen molar-refractivity contribution in [3.05, 3.63) is 34.1 Å². The fourth-order valence-corrected chi connectivity index (χ4v) is 2.33. The highest BCUT2D eigenvalue weighted by molar-refractivity contribution is 9.10. The molecule has 17 heavy (non-hydrogen) atoms. The van der Waals surface area contributed by atoms with Gasteiger partial charge < -0.3 is 10.6 Å². The van der Waals surface area contributed by atoms with Crippen molar-refractivity contribution in [2.75, 3.05) is 13.1 Å². The van der Waals surface area contributed by atoms with Crippen LogP contribution < -0.4 is 5.73 Å². The molecule has 1 heterocycles. The quantitative estimate of drug-likeness (QED) is 0.861. The Hall–Kier alpha value is -0.650. The van der Waals surface area contributed by atoms with Gasteiger partial charge in [0, 0.05) is 23.6 Å². The molecule has 0 aromatic heterocycles. The van der Waals surface area contributed by atoms with Gasteiger partial charge in [-0.1, -0.05) is 0 Å². The predicted octanol–water partition coefficient (Wildman–Crippen LogP) is 2.18. The molecule has 0 radical (unpaired) electrons. The van der Waals surface area contributed by atoms with E-state index in [4.69, 9.17) is 5.73 Å². The molecule has 0 saturated carbocycles. The number of carbonyl (C=O) groups is 1. The smallest absolute Gasteiger partial charge is 0.255 e. The van der Waals surface area contributed by atoms with Gasteiger partial charge in [-0.15, -0.1) is 12.4 Å². The topological polar surface area (TPSA) is 46.3 Å². The average molecular weight is 324 g/mol. The second-order valence-electron chi connectivity index (χ2n) is 3.92. The van der Waals surface area contributed by atoms with E-state index in [1.165, 1.54) is 18.2 Å². The molecular weight excluding hydrogens is 310 g/mol. The lowest BCUT2D eigenvalue weighted by atomic mass is 10.2. The lowest BCUT2D eigenvalue weighted by molar-refractivity contribution is 0.0790. The van der Waals surface area contributed by atoms with Gasteiger partial charge in [0.1, 0.15) is 5.82 Å². The molecule has 1 unspecified atom stereocenters. The molecule has 0 aliphatic carbocycles. The monoisotopic (exact) mass is 322 g/mol. The average Bonchev–Trinajstić information content (AvgIpc) is 2.64. The van der Waals surface area contributed by atoms with Gasteiger partial charge in [0.25, 0.3) is 5.91 Å². The minimum atomic E-state index is -0.360. The van der Waals surface area contributed by atoms with Crippen molar-refractivity contribution in [3.63, 3.8) is 0 Å². The van der Waals surface area contributed by atoms with Gasteiger partial charge in [0.15, 0.2) is 0 Å². The van der Waals surface area contributed by atoms with Crippen molar-refractivity contribution in [1.29, 1.82) is 0 Å². The second kappa shape index (κ2) is 5.80. The number of halogens is 3. The van der Waals surface area contributed by atoms with Crippen molar-refractivity contribution in [2.24, 2.45) is 5.73 Å². The number of rotatable bonds is 1. The summed E-state index contributed by atoms with van der Waals surface area (Å²) >= 11 is 3.19. The molecule has 1 aromatic rings. The van der Waals surface area contributed by atoms with E-state index >= 15 is 0 Å². The Labute approximate surface area is 114 Å². The highest BCUT2D eigenvalue weighted by atomic mass is 79.9. The predicted molar refractivity (Wildman–Crippen MR) is 69.8 cm³/mol. The third-order valence-electron chi connectivity index (χ3n) is 2.67. The van der Waals surface area contributed by atoms with Crippen LogP contribution in [0.1, 0.15) is 16.8 Å². The van der Waals surface area contributed by atoms with Gasteiger partial charge in [-0.2, -0.15) is 0 Å². The molecule has 1 aromatic carbocycles. The Kier molecular flexibility index (Phi) is 4.91. The van der Waals surface area contributed by atoms with Crippen LogP contribution in [0.2, 0.25) is 0 Å².